The van der Waals surface area contributed by atoms with Crippen molar-refractivity contribution in [3.8, 4) is 0 Å². The Hall–Kier alpha value is -1.69. The summed E-state index contributed by atoms with van der Waals surface area (Å²) in [6.45, 7) is 4.53. The molecule has 3 saturated carbocycles. The van der Waals surface area contributed by atoms with Gasteiger partial charge in [0.2, 0.25) is 0 Å². The lowest BCUT2D eigenvalue weighted by Gasteiger charge is -2.62. The number of fused-ring (bicyclic) bond motifs is 6. The van der Waals surface area contributed by atoms with Crippen LogP contribution in [0.25, 0.3) is 0 Å². The molecule has 0 bridgehead atoms. The monoisotopic (exact) mass is 430 g/mol. The molecule has 4 fully saturated rings. The van der Waals surface area contributed by atoms with Crippen LogP contribution in [0, 0.1) is 34.5 Å². The number of ether oxygens (including phenoxy) is 3. The fourth-order valence-corrected chi connectivity index (χ4v) is 8.45. The van der Waals surface area contributed by atoms with E-state index in [1.807, 2.05) is 0 Å². The summed E-state index contributed by atoms with van der Waals surface area (Å²) in [6.07, 6.45) is 7.63. The van der Waals surface area contributed by atoms with E-state index in [4.69, 9.17) is 14.2 Å². The Balaban J connectivity index is 1.65. The van der Waals surface area contributed by atoms with Crippen LogP contribution in [-0.4, -0.2) is 43.6 Å². The third-order valence-electron chi connectivity index (χ3n) is 10.0. The Kier molecular flexibility index (Phi) is 4.71. The molecule has 0 N–H and O–H groups in total. The van der Waals surface area contributed by atoms with Crippen LogP contribution in [0.2, 0.25) is 0 Å². The van der Waals surface area contributed by atoms with Crippen LogP contribution in [0.3, 0.4) is 0 Å². The third-order valence-corrected chi connectivity index (χ3v) is 10.0. The first kappa shape index (κ1) is 21.2. The van der Waals surface area contributed by atoms with Gasteiger partial charge in [0.15, 0.2) is 0 Å². The summed E-state index contributed by atoms with van der Waals surface area (Å²) in [5, 5.41) is 0. The highest BCUT2D eigenvalue weighted by atomic mass is 16.6. The second-order valence-electron chi connectivity index (χ2n) is 11.0. The van der Waals surface area contributed by atoms with E-state index in [0.29, 0.717) is 19.3 Å². The first-order valence-electron chi connectivity index (χ1n) is 11.7. The smallest absolute Gasteiger partial charge is 0.312 e. The molecule has 8 unspecified atom stereocenters. The fourth-order valence-electron chi connectivity index (χ4n) is 8.45. The van der Waals surface area contributed by atoms with Crippen LogP contribution >= 0.6 is 0 Å². The van der Waals surface area contributed by atoms with Gasteiger partial charge >= 0.3 is 11.9 Å². The predicted octanol–water partition coefficient (Wildman–Crippen LogP) is 3.62. The van der Waals surface area contributed by atoms with E-state index in [0.717, 1.165) is 37.7 Å². The van der Waals surface area contributed by atoms with Crippen LogP contribution in [0.1, 0.15) is 65.2 Å². The average Bonchev–Trinajstić information content (AvgIpc) is 3.27. The van der Waals surface area contributed by atoms with Crippen molar-refractivity contribution < 1.29 is 28.6 Å². The quantitative estimate of drug-likeness (QED) is 0.492. The molecule has 1 spiro atoms. The summed E-state index contributed by atoms with van der Waals surface area (Å²) in [6, 6.07) is 0. The predicted molar refractivity (Wildman–Crippen MR) is 112 cm³/mol. The maximum atomic E-state index is 13.1. The van der Waals surface area contributed by atoms with Gasteiger partial charge in [0.25, 0.3) is 0 Å². The van der Waals surface area contributed by atoms with Crippen LogP contribution < -0.4 is 0 Å². The number of methoxy groups -OCH3 is 2. The molecule has 170 valence electrons. The number of esters is 2. The molecule has 5 aliphatic rings. The van der Waals surface area contributed by atoms with Crippen molar-refractivity contribution in [1.82, 2.24) is 0 Å². The number of ketones is 1. The molecule has 6 nitrogen and oxygen atoms in total. The molecule has 0 radical (unpaired) electrons. The molecular weight excluding hydrogens is 396 g/mol. The molecule has 1 heterocycles. The molecule has 0 aromatic rings. The SMILES string of the molecule is COC(=O)C1C=C2CC(=O)CCC2(C)C2C(OC)CC3(C)C(CCC34CCC(=O)O4)C12. The van der Waals surface area contributed by atoms with Gasteiger partial charge in [-0.1, -0.05) is 25.5 Å². The Labute approximate surface area is 184 Å². The molecule has 0 aromatic carbocycles. The summed E-state index contributed by atoms with van der Waals surface area (Å²) in [5.41, 5.74) is 0.239. The van der Waals surface area contributed by atoms with E-state index in [-0.39, 0.29) is 52.4 Å². The highest BCUT2D eigenvalue weighted by molar-refractivity contribution is 5.84. The normalized spacial score (nSPS) is 48.5. The molecule has 31 heavy (non-hydrogen) atoms. The minimum Gasteiger partial charge on any atom is -0.469 e. The van der Waals surface area contributed by atoms with E-state index < -0.39 is 11.5 Å². The van der Waals surface area contributed by atoms with Crippen LogP contribution in [0.15, 0.2) is 11.6 Å². The molecule has 1 aliphatic heterocycles. The average molecular weight is 431 g/mol. The van der Waals surface area contributed by atoms with Gasteiger partial charge < -0.3 is 14.2 Å². The van der Waals surface area contributed by atoms with Crippen molar-refractivity contribution in [2.24, 2.45) is 34.5 Å². The largest absolute Gasteiger partial charge is 0.469 e. The van der Waals surface area contributed by atoms with Crippen LogP contribution in [0.4, 0.5) is 0 Å². The zero-order chi connectivity index (χ0) is 22.2. The van der Waals surface area contributed by atoms with E-state index in [1.165, 1.54) is 7.11 Å². The lowest BCUT2D eigenvalue weighted by Crippen LogP contribution is -2.62. The summed E-state index contributed by atoms with van der Waals surface area (Å²) < 4.78 is 17.5. The van der Waals surface area contributed by atoms with Crippen molar-refractivity contribution in [1.29, 1.82) is 0 Å². The van der Waals surface area contributed by atoms with Crippen molar-refractivity contribution in [3.05, 3.63) is 11.6 Å². The first-order chi connectivity index (χ1) is 14.7. The maximum absolute atomic E-state index is 13.1. The van der Waals surface area contributed by atoms with Crippen LogP contribution in [0.5, 0.6) is 0 Å². The molecule has 6 heteroatoms. The molecule has 4 aliphatic carbocycles. The number of rotatable bonds is 2. The van der Waals surface area contributed by atoms with Gasteiger partial charge in [-0.15, -0.1) is 0 Å². The number of Topliss-reactive ketones (excluding diaryl/α,β-unsaturated/α-hetero) is 1. The minimum atomic E-state index is -0.454. The Morgan fingerprint density at radius 2 is 1.90 bits per heavy atom. The summed E-state index contributed by atoms with van der Waals surface area (Å²) >= 11 is 0. The zero-order valence-corrected chi connectivity index (χ0v) is 19.1. The molecular formula is C25H34O6. The maximum Gasteiger partial charge on any atom is 0.312 e. The molecule has 1 saturated heterocycles. The zero-order valence-electron chi connectivity index (χ0n) is 19.1. The third kappa shape index (κ3) is 2.69. The molecule has 0 aromatic heterocycles. The number of allylic oxidation sites excluding steroid dienone is 1. The number of hydrogen-bond acceptors (Lipinski definition) is 6. The van der Waals surface area contributed by atoms with E-state index >= 15 is 0 Å². The fraction of sp³-hybridized carbons (Fsp3) is 0.800. The van der Waals surface area contributed by atoms with Crippen molar-refractivity contribution >= 4 is 17.7 Å². The van der Waals surface area contributed by atoms with E-state index in [9.17, 15) is 14.4 Å². The first-order valence-corrected chi connectivity index (χ1v) is 11.7. The van der Waals surface area contributed by atoms with Gasteiger partial charge in [-0.2, -0.15) is 0 Å². The van der Waals surface area contributed by atoms with Gasteiger partial charge in [0, 0.05) is 31.8 Å². The highest BCUT2D eigenvalue weighted by Gasteiger charge is 2.70. The van der Waals surface area contributed by atoms with E-state index in [2.05, 4.69) is 19.9 Å². The molecule has 0 amide bonds. The summed E-state index contributed by atoms with van der Waals surface area (Å²) in [5.74, 6) is -0.0448. The topological polar surface area (TPSA) is 78.9 Å². The van der Waals surface area contributed by atoms with Gasteiger partial charge in [-0.3, -0.25) is 14.4 Å². The number of carbonyl (C=O) groups excluding carboxylic acids is 3. The molecule has 8 atom stereocenters. The minimum absolute atomic E-state index is 0.0526. The Morgan fingerprint density at radius 3 is 2.55 bits per heavy atom. The highest BCUT2D eigenvalue weighted by Crippen LogP contribution is 2.70. The lowest BCUT2D eigenvalue weighted by molar-refractivity contribution is -0.196. The van der Waals surface area contributed by atoms with Crippen molar-refractivity contribution in [3.63, 3.8) is 0 Å². The van der Waals surface area contributed by atoms with E-state index in [1.54, 1.807) is 7.11 Å². The Morgan fingerprint density at radius 1 is 1.13 bits per heavy atom. The summed E-state index contributed by atoms with van der Waals surface area (Å²) in [4.78, 5) is 37.5. The Bertz CT molecular complexity index is 862. The van der Waals surface area contributed by atoms with Crippen molar-refractivity contribution in [2.75, 3.05) is 14.2 Å². The standard InChI is InChI=1S/C25H34O6/c1-23-8-5-15(26)11-14(23)12-16(22(28)30-4)20-17-6-9-25(10-7-19(27)31-25)24(17,2)13-18(29-3)21(20)23/h12,16-18,20-21H,5-11,13H2,1-4H3. The van der Waals surface area contributed by atoms with Gasteiger partial charge in [-0.25, -0.2) is 0 Å². The lowest BCUT2D eigenvalue weighted by atomic mass is 9.44. The van der Waals surface area contributed by atoms with Crippen molar-refractivity contribution in [2.45, 2.75) is 76.9 Å². The summed E-state index contributed by atoms with van der Waals surface area (Å²) in [7, 11) is 3.20. The second-order valence-corrected chi connectivity index (χ2v) is 11.0. The van der Waals surface area contributed by atoms with Gasteiger partial charge in [-0.05, 0) is 55.3 Å². The van der Waals surface area contributed by atoms with Crippen LogP contribution in [-0.2, 0) is 28.6 Å². The van der Waals surface area contributed by atoms with Gasteiger partial charge in [0.1, 0.15) is 11.4 Å². The number of hydrogen-bond donors (Lipinski definition) is 0. The second kappa shape index (κ2) is 6.90. The van der Waals surface area contributed by atoms with Gasteiger partial charge in [0.05, 0.1) is 19.1 Å². The number of carbonyl (C=O) groups is 3. The molecule has 5 rings (SSSR count).